The highest BCUT2D eigenvalue weighted by Crippen LogP contribution is 2.28. The monoisotopic (exact) mass is 413 g/mol. The molecule has 9 heteroatoms. The number of hydrogen-bond acceptors (Lipinski definition) is 3. The number of H-pyrrole nitrogens is 1. The summed E-state index contributed by atoms with van der Waals surface area (Å²) in [5.74, 6) is -0.851. The van der Waals surface area contributed by atoms with Gasteiger partial charge in [0.1, 0.15) is 10.6 Å². The molecule has 0 saturated carbocycles. The van der Waals surface area contributed by atoms with E-state index in [0.717, 1.165) is 5.02 Å². The highest BCUT2D eigenvalue weighted by molar-refractivity contribution is 7.89. The summed E-state index contributed by atoms with van der Waals surface area (Å²) in [4.78, 5) is 13.8. The Labute approximate surface area is 161 Å². The Kier molecular flexibility index (Phi) is 6.30. The van der Waals surface area contributed by atoms with E-state index in [0.29, 0.717) is 15.9 Å². The standard InChI is InChI=1S/C10H10ClN3O3S.C7H7Cl/c1-13-18(16,17)9-6-4-5(11)2-3-7(6)14-8(9)10(12)15;1-6-3-2-4-7(8)5-6/h2-4,13-14H,1H3,(H2,12,15);2-5H,1H3. The van der Waals surface area contributed by atoms with Gasteiger partial charge in [-0.2, -0.15) is 0 Å². The number of aromatic amines is 1. The van der Waals surface area contributed by atoms with Crippen LogP contribution in [0.1, 0.15) is 16.1 Å². The fourth-order valence-corrected chi connectivity index (χ4v) is 3.80. The van der Waals surface area contributed by atoms with Crippen molar-refractivity contribution in [2.75, 3.05) is 7.05 Å². The van der Waals surface area contributed by atoms with Gasteiger partial charge in [0.25, 0.3) is 5.91 Å². The Morgan fingerprint density at radius 1 is 1.12 bits per heavy atom. The van der Waals surface area contributed by atoms with Gasteiger partial charge in [-0.25, -0.2) is 13.1 Å². The van der Waals surface area contributed by atoms with Gasteiger partial charge in [-0.15, -0.1) is 0 Å². The van der Waals surface area contributed by atoms with Gasteiger partial charge in [0.05, 0.1) is 0 Å². The average Bonchev–Trinajstić information content (AvgIpc) is 2.95. The van der Waals surface area contributed by atoms with Crippen molar-refractivity contribution >= 4 is 50.0 Å². The third kappa shape index (κ3) is 4.56. The zero-order valence-electron chi connectivity index (χ0n) is 14.0. The van der Waals surface area contributed by atoms with Gasteiger partial charge >= 0.3 is 0 Å². The van der Waals surface area contributed by atoms with E-state index >= 15 is 0 Å². The number of aryl methyl sites for hydroxylation is 1. The quantitative estimate of drug-likeness (QED) is 0.611. The van der Waals surface area contributed by atoms with E-state index in [-0.39, 0.29) is 10.6 Å². The van der Waals surface area contributed by atoms with Crippen LogP contribution in [0.25, 0.3) is 10.9 Å². The Morgan fingerprint density at radius 2 is 1.77 bits per heavy atom. The number of benzene rings is 2. The minimum atomic E-state index is -3.81. The number of aromatic nitrogens is 1. The lowest BCUT2D eigenvalue weighted by Crippen LogP contribution is -2.23. The van der Waals surface area contributed by atoms with Crippen molar-refractivity contribution in [2.45, 2.75) is 11.8 Å². The van der Waals surface area contributed by atoms with Crippen LogP contribution >= 0.6 is 23.2 Å². The lowest BCUT2D eigenvalue weighted by atomic mass is 10.2. The van der Waals surface area contributed by atoms with Gasteiger partial charge in [-0.1, -0.05) is 35.3 Å². The first-order valence-corrected chi connectivity index (χ1v) is 9.66. The number of nitrogens with one attached hydrogen (secondary N) is 2. The molecule has 2 aromatic carbocycles. The summed E-state index contributed by atoms with van der Waals surface area (Å²) in [7, 11) is -2.56. The molecular formula is C17H17Cl2N3O3S. The third-order valence-corrected chi connectivity index (χ3v) is 5.45. The average molecular weight is 414 g/mol. The zero-order chi connectivity index (χ0) is 19.5. The minimum Gasteiger partial charge on any atom is -0.364 e. The number of rotatable bonds is 3. The first-order chi connectivity index (χ1) is 12.2. The summed E-state index contributed by atoms with van der Waals surface area (Å²) >= 11 is 11.5. The predicted molar refractivity (Wildman–Crippen MR) is 104 cm³/mol. The number of halogens is 2. The van der Waals surface area contributed by atoms with Gasteiger partial charge in [0.15, 0.2) is 0 Å². The van der Waals surface area contributed by atoms with E-state index < -0.39 is 15.9 Å². The van der Waals surface area contributed by atoms with Crippen molar-refractivity contribution < 1.29 is 13.2 Å². The maximum absolute atomic E-state index is 11.9. The molecule has 138 valence electrons. The molecule has 0 saturated heterocycles. The summed E-state index contributed by atoms with van der Waals surface area (Å²) in [6.45, 7) is 2.02. The van der Waals surface area contributed by atoms with Crippen molar-refractivity contribution in [1.82, 2.24) is 9.71 Å². The summed E-state index contributed by atoms with van der Waals surface area (Å²) in [5, 5.41) is 1.50. The van der Waals surface area contributed by atoms with Crippen LogP contribution in [0.5, 0.6) is 0 Å². The van der Waals surface area contributed by atoms with Crippen molar-refractivity contribution in [3.8, 4) is 0 Å². The van der Waals surface area contributed by atoms with Crippen molar-refractivity contribution in [3.63, 3.8) is 0 Å². The van der Waals surface area contributed by atoms with Crippen LogP contribution in [0.15, 0.2) is 47.4 Å². The van der Waals surface area contributed by atoms with Crippen LogP contribution in [0.4, 0.5) is 0 Å². The molecule has 0 aliphatic carbocycles. The molecule has 0 aliphatic rings. The lowest BCUT2D eigenvalue weighted by Gasteiger charge is -2.02. The smallest absolute Gasteiger partial charge is 0.266 e. The molecule has 1 aromatic heterocycles. The number of nitrogens with two attached hydrogens (primary N) is 1. The number of amides is 1. The number of carbonyl (C=O) groups excluding carboxylic acids is 1. The highest BCUT2D eigenvalue weighted by atomic mass is 35.5. The van der Waals surface area contributed by atoms with Gasteiger partial charge in [0.2, 0.25) is 10.0 Å². The first kappa shape index (κ1) is 20.3. The largest absolute Gasteiger partial charge is 0.364 e. The van der Waals surface area contributed by atoms with Crippen LogP contribution in [-0.4, -0.2) is 26.4 Å². The second kappa shape index (κ2) is 8.09. The topological polar surface area (TPSA) is 105 Å². The molecule has 0 bridgehead atoms. The number of hydrogen-bond donors (Lipinski definition) is 3. The van der Waals surface area contributed by atoms with E-state index in [1.54, 1.807) is 12.1 Å². The Balaban J connectivity index is 0.000000254. The second-order valence-corrected chi connectivity index (χ2v) is 8.09. The molecule has 0 aliphatic heterocycles. The number of primary amides is 1. The molecule has 4 N–H and O–H groups in total. The van der Waals surface area contributed by atoms with Gasteiger partial charge in [0, 0.05) is 20.9 Å². The molecular weight excluding hydrogens is 397 g/mol. The molecule has 3 rings (SSSR count). The number of carbonyl (C=O) groups is 1. The molecule has 26 heavy (non-hydrogen) atoms. The van der Waals surface area contributed by atoms with Crippen LogP contribution in [0, 0.1) is 6.92 Å². The zero-order valence-corrected chi connectivity index (χ0v) is 16.3. The highest BCUT2D eigenvalue weighted by Gasteiger charge is 2.25. The predicted octanol–water partition coefficient (Wildman–Crippen LogP) is 3.48. The molecule has 3 aromatic rings. The summed E-state index contributed by atoms with van der Waals surface area (Å²) in [5.41, 5.74) is 6.69. The maximum Gasteiger partial charge on any atom is 0.266 e. The van der Waals surface area contributed by atoms with E-state index in [1.165, 1.54) is 18.7 Å². The molecule has 0 radical (unpaired) electrons. The van der Waals surface area contributed by atoms with Crippen LogP contribution in [0.2, 0.25) is 10.0 Å². The van der Waals surface area contributed by atoms with Gasteiger partial charge < -0.3 is 10.7 Å². The Bertz CT molecular complexity index is 1050. The first-order valence-electron chi connectivity index (χ1n) is 7.42. The van der Waals surface area contributed by atoms with E-state index in [9.17, 15) is 13.2 Å². The minimum absolute atomic E-state index is 0.165. The van der Waals surface area contributed by atoms with E-state index in [4.69, 9.17) is 28.9 Å². The van der Waals surface area contributed by atoms with Crippen LogP contribution < -0.4 is 10.5 Å². The molecule has 1 heterocycles. The molecule has 0 fully saturated rings. The van der Waals surface area contributed by atoms with Crippen molar-refractivity contribution in [1.29, 1.82) is 0 Å². The molecule has 1 amide bonds. The molecule has 0 spiro atoms. The fraction of sp³-hybridized carbons (Fsp3) is 0.118. The molecule has 0 atom stereocenters. The van der Waals surface area contributed by atoms with E-state index in [2.05, 4.69) is 9.71 Å². The van der Waals surface area contributed by atoms with Crippen LogP contribution in [-0.2, 0) is 10.0 Å². The number of fused-ring (bicyclic) bond motifs is 1. The van der Waals surface area contributed by atoms with Crippen LogP contribution in [0.3, 0.4) is 0 Å². The molecule has 0 unspecified atom stereocenters. The third-order valence-electron chi connectivity index (χ3n) is 3.48. The fourth-order valence-electron chi connectivity index (χ4n) is 2.30. The SMILES string of the molecule is CNS(=O)(=O)c1c(C(N)=O)[nH]c2ccc(Cl)cc12.Cc1cccc(Cl)c1. The maximum atomic E-state index is 11.9. The lowest BCUT2D eigenvalue weighted by molar-refractivity contribution is 0.0993. The van der Waals surface area contributed by atoms with Crippen molar-refractivity contribution in [2.24, 2.45) is 5.73 Å². The summed E-state index contributed by atoms with van der Waals surface area (Å²) in [6, 6.07) is 12.4. The second-order valence-electron chi connectivity index (χ2n) is 5.39. The van der Waals surface area contributed by atoms with Gasteiger partial charge in [-0.3, -0.25) is 4.79 Å². The Hall–Kier alpha value is -2.06. The summed E-state index contributed by atoms with van der Waals surface area (Å²) < 4.78 is 26.0. The Morgan fingerprint density at radius 3 is 2.27 bits per heavy atom. The normalized spacial score (nSPS) is 11.1. The number of sulfonamides is 1. The summed E-state index contributed by atoms with van der Waals surface area (Å²) in [6.07, 6.45) is 0. The van der Waals surface area contributed by atoms with Crippen molar-refractivity contribution in [3.05, 3.63) is 63.8 Å². The molecule has 6 nitrogen and oxygen atoms in total. The van der Waals surface area contributed by atoms with E-state index in [1.807, 2.05) is 31.2 Å². The van der Waals surface area contributed by atoms with Gasteiger partial charge in [-0.05, 0) is 49.9 Å².